The molecule has 0 radical (unpaired) electrons. The third-order valence-corrected chi connectivity index (χ3v) is 6.40. The molecule has 4 heteroatoms. The number of quaternary nitrogens is 1. The first-order valence-corrected chi connectivity index (χ1v) is 9.96. The minimum absolute atomic E-state index is 0.0951. The Labute approximate surface area is 150 Å². The van der Waals surface area contributed by atoms with E-state index in [2.05, 4.69) is 24.3 Å². The molecule has 3 amide bonds. The summed E-state index contributed by atoms with van der Waals surface area (Å²) in [5.41, 5.74) is 2.77. The van der Waals surface area contributed by atoms with Gasteiger partial charge in [0.05, 0.1) is 19.5 Å². The van der Waals surface area contributed by atoms with E-state index in [-0.39, 0.29) is 16.4 Å². The molecule has 4 rings (SSSR count). The molecule has 2 heterocycles. The monoisotopic (exact) mass is 341 g/mol. The first-order chi connectivity index (χ1) is 12.2. The second-order valence-corrected chi connectivity index (χ2v) is 8.09. The maximum Gasteiger partial charge on any atom is 0.426 e. The SMILES string of the molecule is O=C(CC1Cc2ccccc2C1)[N+]1(C(=O)N2CCCC2)CCCCC1. The minimum atomic E-state index is 0.0951. The van der Waals surface area contributed by atoms with Crippen LogP contribution in [0.4, 0.5) is 4.79 Å². The lowest BCUT2D eigenvalue weighted by Crippen LogP contribution is -2.63. The first kappa shape index (κ1) is 16.8. The van der Waals surface area contributed by atoms with Crippen LogP contribution in [0.15, 0.2) is 24.3 Å². The topological polar surface area (TPSA) is 37.4 Å². The van der Waals surface area contributed by atoms with Crippen molar-refractivity contribution in [1.29, 1.82) is 0 Å². The lowest BCUT2D eigenvalue weighted by Gasteiger charge is -2.38. The molecule has 2 fully saturated rings. The van der Waals surface area contributed by atoms with E-state index in [1.165, 1.54) is 11.1 Å². The molecule has 0 atom stereocenters. The number of amides is 3. The molecule has 0 aromatic heterocycles. The Balaban J connectivity index is 1.50. The Bertz CT molecular complexity index is 633. The largest absolute Gasteiger partial charge is 0.426 e. The zero-order chi connectivity index (χ0) is 17.3. The van der Waals surface area contributed by atoms with E-state index < -0.39 is 0 Å². The fourth-order valence-electron chi connectivity index (χ4n) is 4.99. The normalized spacial score (nSPS) is 22.8. The fraction of sp³-hybridized carbons (Fsp3) is 0.619. The highest BCUT2D eigenvalue weighted by molar-refractivity contribution is 5.84. The van der Waals surface area contributed by atoms with Crippen molar-refractivity contribution >= 4 is 11.9 Å². The van der Waals surface area contributed by atoms with Gasteiger partial charge in [-0.25, -0.2) is 9.59 Å². The van der Waals surface area contributed by atoms with Gasteiger partial charge in [0.2, 0.25) is 0 Å². The maximum absolute atomic E-state index is 13.4. The molecule has 1 aromatic carbocycles. The van der Waals surface area contributed by atoms with E-state index in [1.54, 1.807) is 0 Å². The molecule has 25 heavy (non-hydrogen) atoms. The second-order valence-electron chi connectivity index (χ2n) is 8.09. The van der Waals surface area contributed by atoms with Crippen molar-refractivity contribution in [2.45, 2.75) is 51.4 Å². The van der Waals surface area contributed by atoms with Crippen LogP contribution in [-0.2, 0) is 17.6 Å². The lowest BCUT2D eigenvalue weighted by molar-refractivity contribution is -0.784. The zero-order valence-corrected chi connectivity index (χ0v) is 15.1. The van der Waals surface area contributed by atoms with Crippen LogP contribution in [0.25, 0.3) is 0 Å². The third-order valence-electron chi connectivity index (χ3n) is 6.40. The van der Waals surface area contributed by atoms with E-state index >= 15 is 0 Å². The minimum Gasteiger partial charge on any atom is -0.292 e. The van der Waals surface area contributed by atoms with Crippen LogP contribution in [0.1, 0.15) is 49.7 Å². The zero-order valence-electron chi connectivity index (χ0n) is 15.1. The van der Waals surface area contributed by atoms with Gasteiger partial charge in [0.1, 0.15) is 0 Å². The van der Waals surface area contributed by atoms with Gasteiger partial charge in [-0.1, -0.05) is 24.3 Å². The van der Waals surface area contributed by atoms with Gasteiger partial charge < -0.3 is 0 Å². The fourth-order valence-corrected chi connectivity index (χ4v) is 4.99. The maximum atomic E-state index is 13.4. The Morgan fingerprint density at radius 3 is 2.12 bits per heavy atom. The molecule has 4 nitrogen and oxygen atoms in total. The summed E-state index contributed by atoms with van der Waals surface area (Å²) in [5, 5.41) is 0. The molecule has 0 unspecified atom stereocenters. The number of carbonyl (C=O) groups excluding carboxylic acids is 2. The van der Waals surface area contributed by atoms with Crippen LogP contribution in [0, 0.1) is 5.92 Å². The van der Waals surface area contributed by atoms with Crippen molar-refractivity contribution in [1.82, 2.24) is 4.90 Å². The first-order valence-electron chi connectivity index (χ1n) is 9.96. The quantitative estimate of drug-likeness (QED) is 0.772. The van der Waals surface area contributed by atoms with Gasteiger partial charge in [0.25, 0.3) is 0 Å². The van der Waals surface area contributed by atoms with Crippen LogP contribution in [0.3, 0.4) is 0 Å². The highest BCUT2D eigenvalue weighted by atomic mass is 16.2. The number of hydrogen-bond acceptors (Lipinski definition) is 2. The smallest absolute Gasteiger partial charge is 0.292 e. The number of piperidine rings is 1. The summed E-state index contributed by atoms with van der Waals surface area (Å²) in [6.45, 7) is 3.10. The average Bonchev–Trinajstić information content (AvgIpc) is 3.30. The summed E-state index contributed by atoms with van der Waals surface area (Å²) in [6, 6.07) is 8.62. The number of urea groups is 1. The van der Waals surface area contributed by atoms with Gasteiger partial charge in [-0.05, 0) is 62.0 Å². The number of imide groups is 1. The Morgan fingerprint density at radius 1 is 0.920 bits per heavy atom. The van der Waals surface area contributed by atoms with Crippen molar-refractivity contribution in [3.63, 3.8) is 0 Å². The van der Waals surface area contributed by atoms with E-state index in [4.69, 9.17) is 0 Å². The second kappa shape index (κ2) is 6.91. The predicted molar refractivity (Wildman–Crippen MR) is 97.0 cm³/mol. The molecule has 134 valence electrons. The summed E-state index contributed by atoms with van der Waals surface area (Å²) in [5.74, 6) is 0.544. The molecule has 3 aliphatic rings. The van der Waals surface area contributed by atoms with Crippen molar-refractivity contribution in [2.24, 2.45) is 5.92 Å². The Kier molecular flexibility index (Phi) is 4.63. The van der Waals surface area contributed by atoms with Crippen LogP contribution in [-0.4, -0.2) is 47.5 Å². The molecule has 2 saturated heterocycles. The summed E-state index contributed by atoms with van der Waals surface area (Å²) >= 11 is 0. The van der Waals surface area contributed by atoms with Crippen LogP contribution in [0.5, 0.6) is 0 Å². The molecule has 2 aliphatic heterocycles. The van der Waals surface area contributed by atoms with Gasteiger partial charge in [-0.2, -0.15) is 4.48 Å². The standard InChI is InChI=1S/C21H29N2O2/c24-20(16-17-14-18-8-2-3-9-19(18)15-17)23(12-6-1-7-13-23)21(25)22-10-4-5-11-22/h2-3,8-9,17H,1,4-7,10-16H2/q+1. The molecule has 0 bridgehead atoms. The van der Waals surface area contributed by atoms with E-state index in [1.807, 2.05) is 4.90 Å². The van der Waals surface area contributed by atoms with Crippen molar-refractivity contribution < 1.29 is 14.1 Å². The van der Waals surface area contributed by atoms with E-state index in [0.29, 0.717) is 25.4 Å². The van der Waals surface area contributed by atoms with Crippen molar-refractivity contribution in [3.05, 3.63) is 35.4 Å². The molecule has 1 aliphatic carbocycles. The number of carbonyl (C=O) groups is 2. The van der Waals surface area contributed by atoms with Gasteiger partial charge in [0, 0.05) is 13.1 Å². The van der Waals surface area contributed by atoms with E-state index in [0.717, 1.165) is 58.0 Å². The molecule has 1 aromatic rings. The number of hydrogen-bond donors (Lipinski definition) is 0. The predicted octanol–water partition coefficient (Wildman–Crippen LogP) is 3.53. The molecule has 0 N–H and O–H groups in total. The number of benzene rings is 1. The summed E-state index contributed by atoms with van der Waals surface area (Å²) in [7, 11) is 0. The van der Waals surface area contributed by atoms with Gasteiger partial charge >= 0.3 is 11.9 Å². The molecule has 0 spiro atoms. The van der Waals surface area contributed by atoms with E-state index in [9.17, 15) is 9.59 Å². The highest BCUT2D eigenvalue weighted by Gasteiger charge is 2.49. The number of rotatable bonds is 2. The van der Waals surface area contributed by atoms with Crippen LogP contribution < -0.4 is 0 Å². The number of nitrogens with zero attached hydrogens (tertiary/aromatic N) is 2. The van der Waals surface area contributed by atoms with Gasteiger partial charge in [-0.15, -0.1) is 0 Å². The molecular weight excluding hydrogens is 312 g/mol. The summed E-state index contributed by atoms with van der Waals surface area (Å²) < 4.78 is 0.104. The summed E-state index contributed by atoms with van der Waals surface area (Å²) in [6.07, 6.45) is 7.82. The third kappa shape index (κ3) is 3.12. The van der Waals surface area contributed by atoms with Gasteiger partial charge in [0.15, 0.2) is 0 Å². The highest BCUT2D eigenvalue weighted by Crippen LogP contribution is 2.32. The number of fused-ring (bicyclic) bond motifs is 1. The average molecular weight is 341 g/mol. The van der Waals surface area contributed by atoms with Crippen LogP contribution in [0.2, 0.25) is 0 Å². The molecule has 0 saturated carbocycles. The Morgan fingerprint density at radius 2 is 1.52 bits per heavy atom. The number of likely N-dealkylation sites (tertiary alicyclic amines) is 2. The van der Waals surface area contributed by atoms with Crippen molar-refractivity contribution in [3.8, 4) is 0 Å². The summed E-state index contributed by atoms with van der Waals surface area (Å²) in [4.78, 5) is 28.5. The van der Waals surface area contributed by atoms with Crippen LogP contribution >= 0.6 is 0 Å². The molecular formula is C21H29N2O2+. The lowest BCUT2D eigenvalue weighted by atomic mass is 9.98. The Hall–Kier alpha value is -1.68. The van der Waals surface area contributed by atoms with Gasteiger partial charge in [-0.3, -0.25) is 4.90 Å². The van der Waals surface area contributed by atoms with Crippen molar-refractivity contribution in [2.75, 3.05) is 26.2 Å².